The number of nitrogens with zero attached hydrogens (tertiary/aromatic N) is 2. The molecule has 5 heteroatoms. The molecule has 0 amide bonds. The Hall–Kier alpha value is -2.71. The first-order valence-corrected chi connectivity index (χ1v) is 10.9. The number of hydrogen-bond acceptors (Lipinski definition) is 4. The molecule has 3 rings (SSSR count). The van der Waals surface area contributed by atoms with Gasteiger partial charge in [-0.1, -0.05) is 24.3 Å². The van der Waals surface area contributed by atoms with Crippen LogP contribution in [0.2, 0.25) is 0 Å². The van der Waals surface area contributed by atoms with Gasteiger partial charge in [-0.3, -0.25) is 0 Å². The Morgan fingerprint density at radius 3 is 1.54 bits per heavy atom. The fraction of sp³-hybridized carbons (Fsp3) is 0.217. The average Bonchev–Trinajstić information content (AvgIpc) is 2.73. The monoisotopic (exact) mass is 394 g/mol. The van der Waals surface area contributed by atoms with Crippen LogP contribution in [0.4, 0.5) is 11.4 Å². The van der Waals surface area contributed by atoms with Gasteiger partial charge in [0.2, 0.25) is 0 Å². The Balaban J connectivity index is 2.26. The van der Waals surface area contributed by atoms with Crippen LogP contribution in [-0.4, -0.2) is 35.3 Å². The molecule has 0 fully saturated rings. The SMILES string of the molecule is COc1ccc(P(=O)(c2cccc(N(C)C)c2)c2cccc(N(C)C)c2)cc1. The largest absolute Gasteiger partial charge is 0.497 e. The van der Waals surface area contributed by atoms with E-state index >= 15 is 0 Å². The molecule has 0 radical (unpaired) electrons. The quantitative estimate of drug-likeness (QED) is 0.600. The predicted molar refractivity (Wildman–Crippen MR) is 121 cm³/mol. The summed E-state index contributed by atoms with van der Waals surface area (Å²) in [6, 6.07) is 23.5. The molecule has 0 N–H and O–H groups in total. The molecule has 0 aliphatic rings. The van der Waals surface area contributed by atoms with Crippen molar-refractivity contribution in [2.75, 3.05) is 45.1 Å². The first kappa shape index (κ1) is 20.0. The van der Waals surface area contributed by atoms with E-state index in [1.165, 1.54) is 0 Å². The first-order valence-electron chi connectivity index (χ1n) is 9.17. The molecule has 0 bridgehead atoms. The maximum atomic E-state index is 14.7. The maximum Gasteiger partial charge on any atom is 0.171 e. The van der Waals surface area contributed by atoms with Gasteiger partial charge in [0, 0.05) is 55.5 Å². The van der Waals surface area contributed by atoms with Crippen LogP contribution in [0, 0.1) is 0 Å². The van der Waals surface area contributed by atoms with Crippen molar-refractivity contribution in [3.05, 3.63) is 72.8 Å². The van der Waals surface area contributed by atoms with E-state index in [0.29, 0.717) is 0 Å². The van der Waals surface area contributed by atoms with E-state index in [1.807, 2.05) is 111 Å². The molecule has 3 aromatic rings. The highest BCUT2D eigenvalue weighted by atomic mass is 31.2. The molecule has 0 atom stereocenters. The van der Waals surface area contributed by atoms with Crippen LogP contribution in [0.5, 0.6) is 5.75 Å². The molecule has 0 aliphatic heterocycles. The van der Waals surface area contributed by atoms with Crippen LogP contribution in [0.15, 0.2) is 72.8 Å². The van der Waals surface area contributed by atoms with Crippen molar-refractivity contribution in [1.29, 1.82) is 0 Å². The molecule has 0 aromatic heterocycles. The summed E-state index contributed by atoms with van der Waals surface area (Å²) in [5.41, 5.74) is 2.05. The van der Waals surface area contributed by atoms with Gasteiger partial charge in [-0.2, -0.15) is 0 Å². The number of anilines is 2. The molecule has 0 saturated heterocycles. The fourth-order valence-corrected chi connectivity index (χ4v) is 5.86. The maximum absolute atomic E-state index is 14.7. The van der Waals surface area contributed by atoms with Gasteiger partial charge in [0.1, 0.15) is 5.75 Å². The van der Waals surface area contributed by atoms with Gasteiger partial charge in [0.25, 0.3) is 0 Å². The molecule has 0 spiro atoms. The van der Waals surface area contributed by atoms with Crippen molar-refractivity contribution in [1.82, 2.24) is 0 Å². The van der Waals surface area contributed by atoms with E-state index in [0.717, 1.165) is 33.0 Å². The van der Waals surface area contributed by atoms with Gasteiger partial charge >= 0.3 is 0 Å². The Kier molecular flexibility index (Phi) is 5.81. The third kappa shape index (κ3) is 3.79. The summed E-state index contributed by atoms with van der Waals surface area (Å²) < 4.78 is 20.0. The summed E-state index contributed by atoms with van der Waals surface area (Å²) in [7, 11) is 6.55. The van der Waals surface area contributed by atoms with E-state index in [4.69, 9.17) is 4.74 Å². The lowest BCUT2D eigenvalue weighted by Crippen LogP contribution is -2.26. The van der Waals surface area contributed by atoms with Crippen LogP contribution >= 0.6 is 7.14 Å². The van der Waals surface area contributed by atoms with Crippen molar-refractivity contribution in [2.24, 2.45) is 0 Å². The average molecular weight is 394 g/mol. The molecule has 0 unspecified atom stereocenters. The van der Waals surface area contributed by atoms with Crippen LogP contribution < -0.4 is 30.5 Å². The zero-order valence-corrected chi connectivity index (χ0v) is 18.0. The third-order valence-electron chi connectivity index (χ3n) is 4.86. The molecule has 28 heavy (non-hydrogen) atoms. The van der Waals surface area contributed by atoms with Crippen LogP contribution in [0.25, 0.3) is 0 Å². The van der Waals surface area contributed by atoms with Crippen molar-refractivity contribution in [2.45, 2.75) is 0 Å². The molecular weight excluding hydrogens is 367 g/mol. The highest BCUT2D eigenvalue weighted by molar-refractivity contribution is 7.85. The molecule has 146 valence electrons. The van der Waals surface area contributed by atoms with Crippen LogP contribution in [-0.2, 0) is 4.57 Å². The number of hydrogen-bond donors (Lipinski definition) is 0. The van der Waals surface area contributed by atoms with E-state index in [1.54, 1.807) is 7.11 Å². The van der Waals surface area contributed by atoms with Gasteiger partial charge in [0.15, 0.2) is 7.14 Å². The van der Waals surface area contributed by atoms with E-state index < -0.39 is 7.14 Å². The lowest BCUT2D eigenvalue weighted by atomic mass is 10.3. The topological polar surface area (TPSA) is 32.8 Å². The second-order valence-corrected chi connectivity index (χ2v) is 9.90. The zero-order valence-electron chi connectivity index (χ0n) is 17.1. The minimum Gasteiger partial charge on any atom is -0.497 e. The normalized spacial score (nSPS) is 11.2. The molecule has 0 aliphatic carbocycles. The Morgan fingerprint density at radius 1 is 0.679 bits per heavy atom. The third-order valence-corrected chi connectivity index (χ3v) is 7.89. The number of benzene rings is 3. The summed E-state index contributed by atoms with van der Waals surface area (Å²) in [4.78, 5) is 4.05. The van der Waals surface area contributed by atoms with Crippen LogP contribution in [0.1, 0.15) is 0 Å². The Labute approximate surface area is 167 Å². The van der Waals surface area contributed by atoms with Gasteiger partial charge in [-0.05, 0) is 48.5 Å². The minimum absolute atomic E-state index is 0.749. The van der Waals surface area contributed by atoms with E-state index in [9.17, 15) is 4.57 Å². The van der Waals surface area contributed by atoms with Crippen molar-refractivity contribution >= 4 is 34.4 Å². The van der Waals surface area contributed by atoms with Gasteiger partial charge in [-0.15, -0.1) is 0 Å². The highest BCUT2D eigenvalue weighted by Gasteiger charge is 2.30. The van der Waals surface area contributed by atoms with Gasteiger partial charge in [-0.25, -0.2) is 0 Å². The standard InChI is InChI=1S/C23H27N2O2P/c1-24(2)18-8-6-10-22(16-18)28(26,21-14-12-20(27-5)13-15-21)23-11-7-9-19(17-23)25(3)4/h6-17H,1-5H3. The Bertz CT molecular complexity index is 942. The summed E-state index contributed by atoms with van der Waals surface area (Å²) >= 11 is 0. The first-order chi connectivity index (χ1) is 13.4. The second-order valence-electron chi connectivity index (χ2n) is 7.14. The zero-order chi connectivity index (χ0) is 20.3. The fourth-order valence-electron chi connectivity index (χ4n) is 3.17. The summed E-state index contributed by atoms with van der Waals surface area (Å²) in [6.45, 7) is 0. The van der Waals surface area contributed by atoms with Crippen molar-refractivity contribution in [3.8, 4) is 5.75 Å². The predicted octanol–water partition coefficient (Wildman–Crippen LogP) is 3.47. The number of rotatable bonds is 6. The second kappa shape index (κ2) is 8.12. The number of ether oxygens (including phenoxy) is 1. The number of methoxy groups -OCH3 is 1. The lowest BCUT2D eigenvalue weighted by Gasteiger charge is -2.23. The smallest absolute Gasteiger partial charge is 0.171 e. The molecular formula is C23H27N2O2P. The molecule has 4 nitrogen and oxygen atoms in total. The minimum atomic E-state index is -3.05. The Morgan fingerprint density at radius 2 is 1.14 bits per heavy atom. The van der Waals surface area contributed by atoms with Crippen LogP contribution in [0.3, 0.4) is 0 Å². The molecule has 0 heterocycles. The lowest BCUT2D eigenvalue weighted by molar-refractivity contribution is 0.415. The molecule has 0 saturated carbocycles. The summed E-state index contributed by atoms with van der Waals surface area (Å²) in [6.07, 6.45) is 0. The van der Waals surface area contributed by atoms with Gasteiger partial charge in [0.05, 0.1) is 7.11 Å². The van der Waals surface area contributed by atoms with Crippen molar-refractivity contribution in [3.63, 3.8) is 0 Å². The highest BCUT2D eigenvalue weighted by Crippen LogP contribution is 2.43. The van der Waals surface area contributed by atoms with E-state index in [-0.39, 0.29) is 0 Å². The summed E-state index contributed by atoms with van der Waals surface area (Å²) in [5, 5.41) is 2.43. The van der Waals surface area contributed by atoms with E-state index in [2.05, 4.69) is 0 Å². The van der Waals surface area contributed by atoms with Gasteiger partial charge < -0.3 is 19.1 Å². The molecule has 3 aromatic carbocycles. The van der Waals surface area contributed by atoms with Crippen molar-refractivity contribution < 1.29 is 9.30 Å². The summed E-state index contributed by atoms with van der Waals surface area (Å²) in [5.74, 6) is 0.749.